The molecule has 1 atom stereocenters. The molecule has 4 nitrogen and oxygen atoms in total. The molecule has 0 aliphatic rings. The zero-order valence-corrected chi connectivity index (χ0v) is 12.9. The van der Waals surface area contributed by atoms with E-state index in [-0.39, 0.29) is 18.4 Å². The zero-order valence-electron chi connectivity index (χ0n) is 11.3. The fourth-order valence-electron chi connectivity index (χ4n) is 1.70. The number of ether oxygens (including phenoxy) is 1. The lowest BCUT2D eigenvalue weighted by atomic mass is 10.1. The molecule has 0 spiro atoms. The number of benzene rings is 1. The fourth-order valence-corrected chi connectivity index (χ4v) is 2.02. The van der Waals surface area contributed by atoms with E-state index in [4.69, 9.17) is 0 Å². The lowest BCUT2D eigenvalue weighted by Crippen LogP contribution is -2.42. The summed E-state index contributed by atoms with van der Waals surface area (Å²) in [5.74, 6) is -2.72. The molecule has 0 radical (unpaired) electrons. The summed E-state index contributed by atoms with van der Waals surface area (Å²) in [4.78, 5) is 23.4. The molecule has 114 valence electrons. The van der Waals surface area contributed by atoms with Gasteiger partial charge in [-0.05, 0) is 22.2 Å². The van der Waals surface area contributed by atoms with Crippen molar-refractivity contribution in [2.24, 2.45) is 0 Å². The summed E-state index contributed by atoms with van der Waals surface area (Å²) in [7, 11) is 1.19. The average Bonchev–Trinajstić information content (AvgIpc) is 2.34. The van der Waals surface area contributed by atoms with E-state index in [1.54, 1.807) is 0 Å². The second kappa shape index (κ2) is 7.87. The smallest absolute Gasteiger partial charge is 0.328 e. The van der Waals surface area contributed by atoms with Gasteiger partial charge in [-0.15, -0.1) is 0 Å². The minimum absolute atomic E-state index is 0.149. The van der Waals surface area contributed by atoms with Crippen LogP contribution in [-0.4, -0.2) is 25.0 Å². The van der Waals surface area contributed by atoms with Crippen molar-refractivity contribution in [2.45, 2.75) is 18.9 Å². The van der Waals surface area contributed by atoms with Crippen molar-refractivity contribution in [3.63, 3.8) is 0 Å². The molecule has 1 aromatic rings. The van der Waals surface area contributed by atoms with Gasteiger partial charge in [-0.1, -0.05) is 22.5 Å². The van der Waals surface area contributed by atoms with E-state index in [1.807, 2.05) is 0 Å². The van der Waals surface area contributed by atoms with E-state index in [1.165, 1.54) is 7.11 Å². The number of esters is 1. The van der Waals surface area contributed by atoms with E-state index >= 15 is 0 Å². The van der Waals surface area contributed by atoms with Crippen LogP contribution in [0.1, 0.15) is 12.0 Å². The maximum Gasteiger partial charge on any atom is 0.328 e. The summed E-state index contributed by atoms with van der Waals surface area (Å²) in [5, 5.41) is 2.44. The van der Waals surface area contributed by atoms with Gasteiger partial charge in [0.2, 0.25) is 5.91 Å². The van der Waals surface area contributed by atoms with E-state index < -0.39 is 29.6 Å². The fraction of sp³-hybridized carbons (Fsp3) is 0.286. The summed E-state index contributed by atoms with van der Waals surface area (Å²) in [6.45, 7) is 3.58. The van der Waals surface area contributed by atoms with Crippen LogP contribution in [0.25, 0.3) is 0 Å². The molecular weight excluding hydrogens is 348 g/mol. The van der Waals surface area contributed by atoms with Gasteiger partial charge in [0.25, 0.3) is 0 Å². The number of hydrogen-bond donors (Lipinski definition) is 1. The highest BCUT2D eigenvalue weighted by Gasteiger charge is 2.22. The summed E-state index contributed by atoms with van der Waals surface area (Å²) in [5.41, 5.74) is 0.172. The molecule has 7 heteroatoms. The van der Waals surface area contributed by atoms with Crippen LogP contribution < -0.4 is 5.32 Å². The van der Waals surface area contributed by atoms with E-state index in [0.717, 1.165) is 12.1 Å². The van der Waals surface area contributed by atoms with Gasteiger partial charge in [-0.25, -0.2) is 13.6 Å². The molecule has 0 aliphatic heterocycles. The van der Waals surface area contributed by atoms with Crippen molar-refractivity contribution in [1.82, 2.24) is 5.32 Å². The Morgan fingerprint density at radius 2 is 1.90 bits per heavy atom. The predicted octanol–water partition coefficient (Wildman–Crippen LogP) is 2.46. The first kappa shape index (κ1) is 17.3. The van der Waals surface area contributed by atoms with Crippen molar-refractivity contribution >= 4 is 27.8 Å². The van der Waals surface area contributed by atoms with Gasteiger partial charge in [0.15, 0.2) is 0 Å². The van der Waals surface area contributed by atoms with Crippen molar-refractivity contribution < 1.29 is 23.1 Å². The average molecular weight is 362 g/mol. The maximum atomic E-state index is 13.0. The Bertz CT molecular complexity index is 543. The largest absolute Gasteiger partial charge is 0.467 e. The van der Waals surface area contributed by atoms with Crippen LogP contribution in [0.2, 0.25) is 0 Å². The van der Waals surface area contributed by atoms with Gasteiger partial charge in [-0.2, -0.15) is 0 Å². The minimum Gasteiger partial charge on any atom is -0.467 e. The van der Waals surface area contributed by atoms with Crippen LogP contribution in [0.5, 0.6) is 0 Å². The Morgan fingerprint density at radius 1 is 1.33 bits per heavy atom. The number of carbonyl (C=O) groups excluding carboxylic acids is 2. The quantitative estimate of drug-likeness (QED) is 0.791. The monoisotopic (exact) mass is 361 g/mol. The maximum absolute atomic E-state index is 13.0. The van der Waals surface area contributed by atoms with Crippen LogP contribution in [-0.2, 0) is 20.7 Å². The molecule has 1 rings (SSSR count). The van der Waals surface area contributed by atoms with Crippen LogP contribution in [0.15, 0.2) is 29.3 Å². The SMILES string of the molecule is C=C(Br)C[C@H](NC(=O)Cc1cc(F)cc(F)c1)C(=O)OC. The number of rotatable bonds is 6. The number of nitrogens with one attached hydrogen (secondary N) is 1. The van der Waals surface area contributed by atoms with Crippen LogP contribution in [0.4, 0.5) is 8.78 Å². The van der Waals surface area contributed by atoms with E-state index in [9.17, 15) is 18.4 Å². The first-order valence-electron chi connectivity index (χ1n) is 5.97. The van der Waals surface area contributed by atoms with Crippen LogP contribution in [0, 0.1) is 11.6 Å². The molecule has 0 aromatic heterocycles. The molecule has 0 fully saturated rings. The Hall–Kier alpha value is -1.76. The number of halogens is 3. The topological polar surface area (TPSA) is 55.4 Å². The first-order valence-corrected chi connectivity index (χ1v) is 6.76. The highest BCUT2D eigenvalue weighted by Crippen LogP contribution is 2.12. The van der Waals surface area contributed by atoms with E-state index in [0.29, 0.717) is 10.5 Å². The predicted molar refractivity (Wildman–Crippen MR) is 76.7 cm³/mol. The molecule has 0 aliphatic carbocycles. The molecule has 0 unspecified atom stereocenters. The standard InChI is InChI=1S/C14H14BrF2NO3/c1-8(15)3-12(14(20)21-2)18-13(19)6-9-4-10(16)7-11(17)5-9/h4-5,7,12H,1,3,6H2,2H3,(H,18,19)/t12-/m0/s1. The summed E-state index contributed by atoms with van der Waals surface area (Å²) >= 11 is 3.10. The van der Waals surface area contributed by atoms with Crippen molar-refractivity contribution in [1.29, 1.82) is 0 Å². The number of amides is 1. The Labute approximate surface area is 129 Å². The van der Waals surface area contributed by atoms with Gasteiger partial charge in [-0.3, -0.25) is 4.79 Å². The second-order valence-corrected chi connectivity index (χ2v) is 5.44. The molecule has 0 bridgehead atoms. The van der Waals surface area contributed by atoms with Crippen molar-refractivity contribution in [3.8, 4) is 0 Å². The molecule has 1 N–H and O–H groups in total. The van der Waals surface area contributed by atoms with Crippen LogP contribution in [0.3, 0.4) is 0 Å². The number of hydrogen-bond acceptors (Lipinski definition) is 3. The van der Waals surface area contributed by atoms with Crippen molar-refractivity contribution in [3.05, 3.63) is 46.5 Å². The molecule has 0 saturated carbocycles. The molecular formula is C14H14BrF2NO3. The normalized spacial score (nSPS) is 11.6. The van der Waals surface area contributed by atoms with Gasteiger partial charge in [0, 0.05) is 12.5 Å². The minimum atomic E-state index is -0.909. The number of carbonyl (C=O) groups is 2. The Morgan fingerprint density at radius 3 is 2.38 bits per heavy atom. The second-order valence-electron chi connectivity index (χ2n) is 4.32. The van der Waals surface area contributed by atoms with Crippen LogP contribution >= 0.6 is 15.9 Å². The summed E-state index contributed by atoms with van der Waals surface area (Å²) in [6, 6.07) is 1.92. The Kier molecular flexibility index (Phi) is 6.48. The summed E-state index contributed by atoms with van der Waals surface area (Å²) in [6.07, 6.45) is -0.104. The molecule has 0 heterocycles. The van der Waals surface area contributed by atoms with Gasteiger partial charge < -0.3 is 10.1 Å². The van der Waals surface area contributed by atoms with Gasteiger partial charge in [0.1, 0.15) is 17.7 Å². The zero-order chi connectivity index (χ0) is 16.0. The molecule has 1 aromatic carbocycles. The molecule has 0 saturated heterocycles. The third-order valence-electron chi connectivity index (χ3n) is 2.53. The van der Waals surface area contributed by atoms with Gasteiger partial charge in [0.05, 0.1) is 13.5 Å². The Balaban J connectivity index is 2.73. The van der Waals surface area contributed by atoms with Gasteiger partial charge >= 0.3 is 5.97 Å². The number of methoxy groups -OCH3 is 1. The highest BCUT2D eigenvalue weighted by molar-refractivity contribution is 9.11. The third kappa shape index (κ3) is 6.03. The van der Waals surface area contributed by atoms with Crippen molar-refractivity contribution in [2.75, 3.05) is 7.11 Å². The molecule has 1 amide bonds. The first-order chi connectivity index (χ1) is 9.81. The highest BCUT2D eigenvalue weighted by atomic mass is 79.9. The third-order valence-corrected chi connectivity index (χ3v) is 2.86. The lowest BCUT2D eigenvalue weighted by molar-refractivity contribution is -0.144. The molecule has 21 heavy (non-hydrogen) atoms. The summed E-state index contributed by atoms with van der Waals surface area (Å²) < 4.78 is 31.1. The lowest BCUT2D eigenvalue weighted by Gasteiger charge is -2.16. The van der Waals surface area contributed by atoms with E-state index in [2.05, 4.69) is 32.6 Å².